The van der Waals surface area contributed by atoms with Crippen molar-refractivity contribution in [3.8, 4) is 0 Å². The molecule has 21 heavy (non-hydrogen) atoms. The summed E-state index contributed by atoms with van der Waals surface area (Å²) in [6.45, 7) is 1.24. The van der Waals surface area contributed by atoms with Crippen molar-refractivity contribution in [2.45, 2.75) is 31.6 Å². The third-order valence-corrected chi connectivity index (χ3v) is 5.02. The molecule has 2 saturated carbocycles. The number of carbonyl (C=O) groups is 1. The molecule has 3 rings (SSSR count). The minimum Gasteiger partial charge on any atom is -0.481 e. The topological polar surface area (TPSA) is 90.4 Å². The van der Waals surface area contributed by atoms with Crippen LogP contribution in [0, 0.1) is 23.2 Å². The van der Waals surface area contributed by atoms with Crippen molar-refractivity contribution in [3.05, 3.63) is 11.4 Å². The fourth-order valence-electron chi connectivity index (χ4n) is 3.76. The zero-order chi connectivity index (χ0) is 15.4. The van der Waals surface area contributed by atoms with E-state index in [1.807, 2.05) is 4.90 Å². The number of piperidine rings is 1. The first kappa shape index (κ1) is 14.3. The number of alkyl halides is 2. The highest BCUT2D eigenvalue weighted by molar-refractivity contribution is 6.04. The van der Waals surface area contributed by atoms with E-state index in [4.69, 9.17) is 16.2 Å². The Morgan fingerprint density at radius 1 is 1.43 bits per heavy atom. The van der Waals surface area contributed by atoms with Crippen LogP contribution < -0.4 is 5.73 Å². The Balaban J connectivity index is 1.68. The van der Waals surface area contributed by atoms with E-state index in [1.54, 1.807) is 0 Å². The third kappa shape index (κ3) is 2.38. The van der Waals surface area contributed by atoms with Gasteiger partial charge >= 0.3 is 5.97 Å². The number of nitrogens with one attached hydrogen (secondary N) is 1. The zero-order valence-electron chi connectivity index (χ0n) is 11.6. The second-order valence-corrected chi connectivity index (χ2v) is 6.29. The number of allylic oxidation sites excluding steroid dienone is 1. The molecule has 3 atom stereocenters. The Hall–Kier alpha value is -1.66. The van der Waals surface area contributed by atoms with Crippen LogP contribution in [0.25, 0.3) is 0 Å². The SMILES string of the molecule is N=C1/C(=C(\N)N2C[C@@H]3[C@@H](CC(=O)O)[C@@H]3C2)CCCC1(F)F. The van der Waals surface area contributed by atoms with Crippen LogP contribution in [-0.2, 0) is 4.79 Å². The first-order valence-electron chi connectivity index (χ1n) is 7.24. The highest BCUT2D eigenvalue weighted by Gasteiger charge is 2.56. The molecule has 3 fully saturated rings. The molecule has 116 valence electrons. The van der Waals surface area contributed by atoms with Gasteiger partial charge in [-0.15, -0.1) is 0 Å². The van der Waals surface area contributed by atoms with Gasteiger partial charge in [-0.1, -0.05) is 0 Å². The molecular formula is C14H19F2N3O2. The average molecular weight is 299 g/mol. The van der Waals surface area contributed by atoms with E-state index in [9.17, 15) is 13.6 Å². The van der Waals surface area contributed by atoms with Gasteiger partial charge in [0.25, 0.3) is 5.92 Å². The smallest absolute Gasteiger partial charge is 0.303 e. The number of carboxylic acids is 1. The molecule has 0 radical (unpaired) electrons. The Kier molecular flexibility index (Phi) is 3.18. The quantitative estimate of drug-likeness (QED) is 0.739. The van der Waals surface area contributed by atoms with Gasteiger partial charge in [0, 0.05) is 31.5 Å². The second-order valence-electron chi connectivity index (χ2n) is 6.29. The average Bonchev–Trinajstić information content (AvgIpc) is 2.86. The molecule has 4 N–H and O–H groups in total. The third-order valence-electron chi connectivity index (χ3n) is 5.02. The summed E-state index contributed by atoms with van der Waals surface area (Å²) in [6.07, 6.45) is 0.653. The van der Waals surface area contributed by atoms with Gasteiger partial charge < -0.3 is 15.7 Å². The maximum absolute atomic E-state index is 13.6. The fraction of sp³-hybridized carbons (Fsp3) is 0.714. The standard InChI is InChI=1S/C14H19F2N3O2/c15-14(16)3-1-2-7(12(14)17)13(18)19-5-9-8(4-11(20)21)10(9)6-19/h8-10,17H,1-6,18H2,(H,20,21)/b13-7+,17-12?/t8-,9-,10+. The number of hydrogen-bond donors (Lipinski definition) is 3. The molecule has 3 aliphatic rings. The fourth-order valence-corrected chi connectivity index (χ4v) is 3.76. The number of carboxylic acid groups (broad SMARTS) is 1. The highest BCUT2D eigenvalue weighted by atomic mass is 19.3. The number of fused-ring (bicyclic) bond motifs is 1. The van der Waals surface area contributed by atoms with E-state index >= 15 is 0 Å². The largest absolute Gasteiger partial charge is 0.481 e. The molecule has 1 saturated heterocycles. The van der Waals surface area contributed by atoms with Gasteiger partial charge in [-0.25, -0.2) is 0 Å². The van der Waals surface area contributed by atoms with Gasteiger partial charge in [0.1, 0.15) is 11.5 Å². The van der Waals surface area contributed by atoms with Crippen molar-refractivity contribution < 1.29 is 18.7 Å². The van der Waals surface area contributed by atoms with Crippen molar-refractivity contribution in [3.63, 3.8) is 0 Å². The van der Waals surface area contributed by atoms with Crippen LogP contribution in [0.2, 0.25) is 0 Å². The van der Waals surface area contributed by atoms with Crippen LogP contribution in [0.4, 0.5) is 8.78 Å². The van der Waals surface area contributed by atoms with Crippen LogP contribution in [0.3, 0.4) is 0 Å². The van der Waals surface area contributed by atoms with E-state index in [0.717, 1.165) is 0 Å². The van der Waals surface area contributed by atoms with Crippen molar-refractivity contribution in [1.82, 2.24) is 4.90 Å². The number of aliphatic carboxylic acids is 1. The lowest BCUT2D eigenvalue weighted by atomic mass is 9.89. The molecule has 7 heteroatoms. The number of halogens is 2. The maximum atomic E-state index is 13.6. The van der Waals surface area contributed by atoms with Gasteiger partial charge in [-0.3, -0.25) is 10.2 Å². The molecule has 2 aliphatic carbocycles. The first-order chi connectivity index (χ1) is 9.81. The molecule has 1 heterocycles. The van der Waals surface area contributed by atoms with Crippen LogP contribution in [0.5, 0.6) is 0 Å². The van der Waals surface area contributed by atoms with E-state index in [-0.39, 0.29) is 24.3 Å². The minimum atomic E-state index is -3.08. The molecule has 0 bridgehead atoms. The summed E-state index contributed by atoms with van der Waals surface area (Å²) in [5, 5.41) is 16.4. The number of hydrogen-bond acceptors (Lipinski definition) is 4. The van der Waals surface area contributed by atoms with Gasteiger partial charge in [-0.2, -0.15) is 8.78 Å². The summed E-state index contributed by atoms with van der Waals surface area (Å²) in [6, 6.07) is 0. The summed E-state index contributed by atoms with van der Waals surface area (Å²) < 4.78 is 27.2. The Morgan fingerprint density at radius 3 is 2.62 bits per heavy atom. The highest BCUT2D eigenvalue weighted by Crippen LogP contribution is 2.54. The Labute approximate surface area is 121 Å². The number of rotatable bonds is 3. The van der Waals surface area contributed by atoms with Crippen LogP contribution in [0.1, 0.15) is 25.7 Å². The number of nitrogens with zero attached hydrogens (tertiary/aromatic N) is 1. The number of likely N-dealkylation sites (tertiary alicyclic amines) is 1. The van der Waals surface area contributed by atoms with Gasteiger partial charge in [0.05, 0.1) is 0 Å². The predicted octanol–water partition coefficient (Wildman–Crippen LogP) is 1.65. The maximum Gasteiger partial charge on any atom is 0.303 e. The molecule has 0 spiro atoms. The molecular weight excluding hydrogens is 280 g/mol. The summed E-state index contributed by atoms with van der Waals surface area (Å²) in [7, 11) is 0. The molecule has 1 aliphatic heterocycles. The molecule has 5 nitrogen and oxygen atoms in total. The van der Waals surface area contributed by atoms with Crippen molar-refractivity contribution in [2.75, 3.05) is 13.1 Å². The lowest BCUT2D eigenvalue weighted by Gasteiger charge is -2.30. The summed E-state index contributed by atoms with van der Waals surface area (Å²) in [4.78, 5) is 12.5. The minimum absolute atomic E-state index is 0.174. The van der Waals surface area contributed by atoms with Crippen molar-refractivity contribution in [1.29, 1.82) is 5.41 Å². The van der Waals surface area contributed by atoms with Crippen LogP contribution >= 0.6 is 0 Å². The van der Waals surface area contributed by atoms with E-state index < -0.39 is 17.6 Å². The lowest BCUT2D eigenvalue weighted by Crippen LogP contribution is -2.38. The molecule has 0 amide bonds. The van der Waals surface area contributed by atoms with Gasteiger partial charge in [0.2, 0.25) is 0 Å². The molecule has 0 aromatic heterocycles. The molecule has 0 aromatic carbocycles. The monoisotopic (exact) mass is 299 g/mol. The van der Waals surface area contributed by atoms with Crippen molar-refractivity contribution in [2.24, 2.45) is 23.5 Å². The van der Waals surface area contributed by atoms with Crippen molar-refractivity contribution >= 4 is 11.7 Å². The Bertz CT molecular complexity index is 520. The van der Waals surface area contributed by atoms with E-state index in [0.29, 0.717) is 43.6 Å². The first-order valence-corrected chi connectivity index (χ1v) is 7.24. The van der Waals surface area contributed by atoms with E-state index in [1.165, 1.54) is 0 Å². The summed E-state index contributed by atoms with van der Waals surface area (Å²) in [5.74, 6) is -2.77. The van der Waals surface area contributed by atoms with E-state index in [2.05, 4.69) is 0 Å². The van der Waals surface area contributed by atoms with Crippen LogP contribution in [-0.4, -0.2) is 40.7 Å². The molecule has 0 aromatic rings. The van der Waals surface area contributed by atoms with Crippen LogP contribution in [0.15, 0.2) is 11.4 Å². The zero-order valence-corrected chi connectivity index (χ0v) is 11.6. The second kappa shape index (κ2) is 4.68. The predicted molar refractivity (Wildman–Crippen MR) is 72.0 cm³/mol. The Morgan fingerprint density at radius 2 is 2.05 bits per heavy atom. The lowest BCUT2D eigenvalue weighted by molar-refractivity contribution is -0.137. The summed E-state index contributed by atoms with van der Waals surface area (Å²) >= 11 is 0. The van der Waals surface area contributed by atoms with Gasteiger partial charge in [-0.05, 0) is 30.6 Å². The molecule has 0 unspecified atom stereocenters. The summed E-state index contributed by atoms with van der Waals surface area (Å²) in [5.41, 5.74) is 5.63. The number of nitrogens with two attached hydrogens (primary N) is 1. The van der Waals surface area contributed by atoms with Gasteiger partial charge in [0.15, 0.2) is 0 Å². The normalized spacial score (nSPS) is 36.4.